The van der Waals surface area contributed by atoms with Crippen LogP contribution in [0.3, 0.4) is 0 Å². The molecule has 0 amide bonds. The second-order valence-corrected chi connectivity index (χ2v) is 8.48. The molecule has 0 saturated carbocycles. The van der Waals surface area contributed by atoms with Gasteiger partial charge in [0.1, 0.15) is 0 Å². The number of hydrogen-bond donors (Lipinski definition) is 0. The van der Waals surface area contributed by atoms with Crippen LogP contribution in [0.1, 0.15) is 13.3 Å². The Labute approximate surface area is 121 Å². The molecule has 1 aromatic rings. The average molecular weight is 350 g/mol. The Morgan fingerprint density at radius 2 is 2.06 bits per heavy atom. The fraction of sp³-hybridized carbons (Fsp3) is 0.500. The summed E-state index contributed by atoms with van der Waals surface area (Å²) in [5, 5.41) is 0.420. The first-order valence-corrected chi connectivity index (χ1v) is 9.19. The molecule has 6 heteroatoms. The summed E-state index contributed by atoms with van der Waals surface area (Å²) in [7, 11) is -3.32. The minimum Gasteiger partial charge on any atom is -0.207 e. The van der Waals surface area contributed by atoms with Crippen molar-refractivity contribution in [2.75, 3.05) is 18.8 Å². The molecule has 1 saturated heterocycles. The molecule has 1 unspecified atom stereocenters. The molecular formula is C12H16BrNO2S2. The first-order valence-electron chi connectivity index (χ1n) is 5.91. The fourth-order valence-corrected chi connectivity index (χ4v) is 5.05. The average Bonchev–Trinajstić information content (AvgIpc) is 2.39. The highest BCUT2D eigenvalue weighted by Gasteiger charge is 2.29. The monoisotopic (exact) mass is 349 g/mol. The normalized spacial score (nSPS) is 22.0. The highest BCUT2D eigenvalue weighted by Crippen LogP contribution is 2.26. The van der Waals surface area contributed by atoms with Crippen LogP contribution in [-0.4, -0.2) is 36.8 Å². The van der Waals surface area contributed by atoms with Crippen molar-refractivity contribution in [1.29, 1.82) is 0 Å². The van der Waals surface area contributed by atoms with Crippen LogP contribution in [0.2, 0.25) is 0 Å². The summed E-state index contributed by atoms with van der Waals surface area (Å²) < 4.78 is 27.4. The van der Waals surface area contributed by atoms with Gasteiger partial charge in [0.15, 0.2) is 0 Å². The second-order valence-electron chi connectivity index (χ2n) is 4.22. The van der Waals surface area contributed by atoms with E-state index >= 15 is 0 Å². The molecule has 0 spiro atoms. The maximum atomic E-state index is 12.5. The molecule has 18 heavy (non-hydrogen) atoms. The number of hydrogen-bond acceptors (Lipinski definition) is 3. The van der Waals surface area contributed by atoms with Gasteiger partial charge in [0.05, 0.1) is 4.90 Å². The summed E-state index contributed by atoms with van der Waals surface area (Å²) in [6.07, 6.45) is 1.01. The standard InChI is InChI=1S/C12H16BrNO2S2/c1-2-11-9-14(7-8-17-11)18(15,16)12-5-3-10(13)4-6-12/h3-6,11H,2,7-9H2,1H3. The van der Waals surface area contributed by atoms with E-state index < -0.39 is 10.0 Å². The molecule has 0 aliphatic carbocycles. The highest BCUT2D eigenvalue weighted by molar-refractivity contribution is 9.10. The van der Waals surface area contributed by atoms with Crippen molar-refractivity contribution in [3.8, 4) is 0 Å². The van der Waals surface area contributed by atoms with E-state index in [0.29, 0.717) is 23.2 Å². The predicted octanol–water partition coefficient (Wildman–Crippen LogP) is 2.97. The largest absolute Gasteiger partial charge is 0.243 e. The molecule has 1 aromatic carbocycles. The Hall–Kier alpha value is -0.0400. The van der Waals surface area contributed by atoms with Gasteiger partial charge < -0.3 is 0 Å². The predicted molar refractivity (Wildman–Crippen MR) is 79.4 cm³/mol. The third-order valence-corrected chi connectivity index (χ3v) is 6.79. The van der Waals surface area contributed by atoms with Crippen molar-refractivity contribution in [2.45, 2.75) is 23.5 Å². The molecule has 100 valence electrons. The highest BCUT2D eigenvalue weighted by atomic mass is 79.9. The van der Waals surface area contributed by atoms with Crippen LogP contribution in [0, 0.1) is 0 Å². The lowest BCUT2D eigenvalue weighted by atomic mass is 10.3. The summed E-state index contributed by atoms with van der Waals surface area (Å²) in [6.45, 7) is 3.34. The second kappa shape index (κ2) is 5.94. The topological polar surface area (TPSA) is 37.4 Å². The zero-order chi connectivity index (χ0) is 13.2. The van der Waals surface area contributed by atoms with Crippen molar-refractivity contribution in [3.63, 3.8) is 0 Å². The summed E-state index contributed by atoms with van der Waals surface area (Å²) in [5.74, 6) is 0.883. The van der Waals surface area contributed by atoms with Crippen LogP contribution in [0.25, 0.3) is 0 Å². The summed E-state index contributed by atoms with van der Waals surface area (Å²) in [4.78, 5) is 0.382. The lowest BCUT2D eigenvalue weighted by Gasteiger charge is -2.31. The van der Waals surface area contributed by atoms with Gasteiger partial charge in [-0.25, -0.2) is 8.42 Å². The Morgan fingerprint density at radius 1 is 1.39 bits per heavy atom. The third kappa shape index (κ3) is 3.10. The molecule has 1 heterocycles. The van der Waals surface area contributed by atoms with Crippen LogP contribution < -0.4 is 0 Å². The first-order chi connectivity index (χ1) is 8.54. The minimum absolute atomic E-state index is 0.382. The summed E-state index contributed by atoms with van der Waals surface area (Å²) in [6, 6.07) is 6.84. The van der Waals surface area contributed by atoms with Gasteiger partial charge in [-0.1, -0.05) is 22.9 Å². The lowest BCUT2D eigenvalue weighted by Crippen LogP contribution is -2.41. The Balaban J connectivity index is 2.22. The number of benzene rings is 1. The fourth-order valence-electron chi connectivity index (χ4n) is 1.91. The molecule has 0 aromatic heterocycles. The number of rotatable bonds is 3. The minimum atomic E-state index is -3.32. The number of nitrogens with zero attached hydrogens (tertiary/aromatic N) is 1. The zero-order valence-corrected chi connectivity index (χ0v) is 13.4. The van der Waals surface area contributed by atoms with E-state index in [0.717, 1.165) is 16.6 Å². The van der Waals surface area contributed by atoms with E-state index in [1.54, 1.807) is 28.6 Å². The molecule has 0 bridgehead atoms. The van der Waals surface area contributed by atoms with Crippen molar-refractivity contribution in [1.82, 2.24) is 4.31 Å². The smallest absolute Gasteiger partial charge is 0.207 e. The van der Waals surface area contributed by atoms with E-state index in [-0.39, 0.29) is 0 Å². The summed E-state index contributed by atoms with van der Waals surface area (Å²) >= 11 is 5.18. The van der Waals surface area contributed by atoms with Crippen LogP contribution in [0.5, 0.6) is 0 Å². The molecule has 0 radical (unpaired) electrons. The van der Waals surface area contributed by atoms with E-state index in [2.05, 4.69) is 22.9 Å². The van der Waals surface area contributed by atoms with Gasteiger partial charge >= 0.3 is 0 Å². The molecule has 3 nitrogen and oxygen atoms in total. The maximum absolute atomic E-state index is 12.5. The first kappa shape index (κ1) is 14.4. The van der Waals surface area contributed by atoms with Crippen LogP contribution in [0.15, 0.2) is 33.6 Å². The van der Waals surface area contributed by atoms with Gasteiger partial charge in [-0.2, -0.15) is 16.1 Å². The van der Waals surface area contributed by atoms with Crippen molar-refractivity contribution < 1.29 is 8.42 Å². The van der Waals surface area contributed by atoms with Crippen LogP contribution in [0.4, 0.5) is 0 Å². The molecule has 1 atom stereocenters. The number of halogens is 1. The van der Waals surface area contributed by atoms with Crippen molar-refractivity contribution in [3.05, 3.63) is 28.7 Å². The van der Waals surface area contributed by atoms with Gasteiger partial charge in [0.2, 0.25) is 10.0 Å². The van der Waals surface area contributed by atoms with Gasteiger partial charge in [0, 0.05) is 28.6 Å². The quantitative estimate of drug-likeness (QED) is 0.841. The van der Waals surface area contributed by atoms with Gasteiger partial charge in [-0.3, -0.25) is 0 Å². The Bertz CT molecular complexity index is 501. The van der Waals surface area contributed by atoms with Crippen LogP contribution >= 0.6 is 27.7 Å². The van der Waals surface area contributed by atoms with Crippen molar-refractivity contribution >= 4 is 37.7 Å². The lowest BCUT2D eigenvalue weighted by molar-refractivity contribution is 0.416. The number of thioether (sulfide) groups is 1. The van der Waals surface area contributed by atoms with Crippen LogP contribution in [-0.2, 0) is 10.0 Å². The molecule has 2 rings (SSSR count). The SMILES string of the molecule is CCC1CN(S(=O)(=O)c2ccc(Br)cc2)CCS1. The third-order valence-electron chi connectivity index (χ3n) is 3.01. The Kier molecular flexibility index (Phi) is 4.75. The molecule has 1 aliphatic rings. The molecular weight excluding hydrogens is 334 g/mol. The molecule has 0 N–H and O–H groups in total. The van der Waals surface area contributed by atoms with E-state index in [4.69, 9.17) is 0 Å². The van der Waals surface area contributed by atoms with Gasteiger partial charge in [0.25, 0.3) is 0 Å². The summed E-state index contributed by atoms with van der Waals surface area (Å²) in [5.41, 5.74) is 0. The molecule has 1 fully saturated rings. The van der Waals surface area contributed by atoms with Gasteiger partial charge in [-0.15, -0.1) is 0 Å². The van der Waals surface area contributed by atoms with E-state index in [1.807, 2.05) is 11.8 Å². The molecule has 1 aliphatic heterocycles. The zero-order valence-electron chi connectivity index (χ0n) is 10.2. The maximum Gasteiger partial charge on any atom is 0.243 e. The number of sulfonamides is 1. The Morgan fingerprint density at radius 3 is 2.67 bits per heavy atom. The van der Waals surface area contributed by atoms with Gasteiger partial charge in [-0.05, 0) is 30.7 Å². The van der Waals surface area contributed by atoms with E-state index in [1.165, 1.54) is 0 Å². The van der Waals surface area contributed by atoms with E-state index in [9.17, 15) is 8.42 Å². The van der Waals surface area contributed by atoms with Crippen molar-refractivity contribution in [2.24, 2.45) is 0 Å².